The van der Waals surface area contributed by atoms with Crippen LogP contribution in [0.5, 0.6) is 0 Å². The van der Waals surface area contributed by atoms with E-state index >= 15 is 0 Å². The van der Waals surface area contributed by atoms with Gasteiger partial charge in [0.05, 0.1) is 11.9 Å². The number of rotatable bonds is 3. The maximum Gasteiger partial charge on any atom is 0.0645 e. The average molecular weight is 256 g/mol. The molecule has 4 nitrogen and oxygen atoms in total. The minimum atomic E-state index is 0.995. The van der Waals surface area contributed by atoms with Crippen molar-refractivity contribution in [3.05, 3.63) is 48.3 Å². The minimum absolute atomic E-state index is 0.995. The number of benzene rings is 1. The predicted octanol–water partition coefficient (Wildman–Crippen LogP) is 1.67. The first-order valence-corrected chi connectivity index (χ1v) is 6.94. The van der Waals surface area contributed by atoms with E-state index in [9.17, 15) is 0 Å². The maximum absolute atomic E-state index is 4.45. The van der Waals surface area contributed by atoms with Crippen molar-refractivity contribution in [2.75, 3.05) is 26.2 Å². The fraction of sp³-hybridized carbons (Fsp3) is 0.400. The van der Waals surface area contributed by atoms with Crippen molar-refractivity contribution in [2.45, 2.75) is 13.0 Å². The molecule has 0 amide bonds. The van der Waals surface area contributed by atoms with Crippen LogP contribution in [0.4, 0.5) is 0 Å². The van der Waals surface area contributed by atoms with E-state index in [1.165, 1.54) is 18.5 Å². The van der Waals surface area contributed by atoms with Crippen LogP contribution in [0.2, 0.25) is 0 Å². The summed E-state index contributed by atoms with van der Waals surface area (Å²) in [6.45, 7) is 5.52. The van der Waals surface area contributed by atoms with Crippen molar-refractivity contribution < 1.29 is 0 Å². The summed E-state index contributed by atoms with van der Waals surface area (Å²) in [5, 5.41) is 7.88. The number of nitrogens with one attached hydrogen (secondary N) is 1. The second kappa shape index (κ2) is 5.99. The van der Waals surface area contributed by atoms with Gasteiger partial charge in [-0.25, -0.2) is 4.68 Å². The summed E-state index contributed by atoms with van der Waals surface area (Å²) < 4.78 is 1.95. The van der Waals surface area contributed by atoms with E-state index in [0.29, 0.717) is 0 Å². The Bertz CT molecular complexity index is 498. The molecule has 0 aliphatic carbocycles. The van der Waals surface area contributed by atoms with E-state index in [1.807, 2.05) is 29.1 Å². The molecular weight excluding hydrogens is 236 g/mol. The molecule has 4 heteroatoms. The first-order chi connectivity index (χ1) is 9.42. The molecule has 1 N–H and O–H groups in total. The standard InChI is InChI=1S/C15H20N4/c1-2-5-15(6-3-1)19-13-14(11-17-19)12-18-9-4-7-16-8-10-18/h1-3,5-6,11,13,16H,4,7-10,12H2. The molecule has 3 rings (SSSR count). The van der Waals surface area contributed by atoms with Gasteiger partial charge in [0.15, 0.2) is 0 Å². The molecule has 0 bridgehead atoms. The monoisotopic (exact) mass is 256 g/mol. The minimum Gasteiger partial charge on any atom is -0.315 e. The Morgan fingerprint density at radius 1 is 1.11 bits per heavy atom. The lowest BCUT2D eigenvalue weighted by Crippen LogP contribution is -2.27. The molecule has 1 aromatic carbocycles. The Balaban J connectivity index is 1.68. The Kier molecular flexibility index (Phi) is 3.91. The number of para-hydroxylation sites is 1. The molecular formula is C15H20N4. The largest absolute Gasteiger partial charge is 0.315 e. The van der Waals surface area contributed by atoms with Gasteiger partial charge in [0.25, 0.3) is 0 Å². The Hall–Kier alpha value is -1.65. The Labute approximate surface area is 114 Å². The van der Waals surface area contributed by atoms with Gasteiger partial charge >= 0.3 is 0 Å². The molecule has 100 valence electrons. The lowest BCUT2D eigenvalue weighted by atomic mass is 10.3. The van der Waals surface area contributed by atoms with Crippen molar-refractivity contribution >= 4 is 0 Å². The lowest BCUT2D eigenvalue weighted by Gasteiger charge is -2.17. The van der Waals surface area contributed by atoms with E-state index in [4.69, 9.17) is 0 Å². The van der Waals surface area contributed by atoms with Gasteiger partial charge in [0, 0.05) is 31.4 Å². The van der Waals surface area contributed by atoms with Gasteiger partial charge < -0.3 is 5.32 Å². The summed E-state index contributed by atoms with van der Waals surface area (Å²) in [4.78, 5) is 2.49. The van der Waals surface area contributed by atoms with Crippen LogP contribution in [0.15, 0.2) is 42.7 Å². The molecule has 1 fully saturated rings. The van der Waals surface area contributed by atoms with Crippen molar-refractivity contribution in [3.63, 3.8) is 0 Å². The normalized spacial score (nSPS) is 17.3. The smallest absolute Gasteiger partial charge is 0.0645 e. The maximum atomic E-state index is 4.45. The van der Waals surface area contributed by atoms with Crippen LogP contribution in [0.3, 0.4) is 0 Å². The number of hydrogen-bond acceptors (Lipinski definition) is 3. The van der Waals surface area contributed by atoms with Gasteiger partial charge in [-0.15, -0.1) is 0 Å². The van der Waals surface area contributed by atoms with E-state index in [-0.39, 0.29) is 0 Å². The van der Waals surface area contributed by atoms with Gasteiger partial charge in [0.2, 0.25) is 0 Å². The highest BCUT2D eigenvalue weighted by Gasteiger charge is 2.10. The lowest BCUT2D eigenvalue weighted by molar-refractivity contribution is 0.284. The number of hydrogen-bond donors (Lipinski definition) is 1. The zero-order chi connectivity index (χ0) is 12.9. The molecule has 2 heterocycles. The topological polar surface area (TPSA) is 33.1 Å². The predicted molar refractivity (Wildman–Crippen MR) is 76.3 cm³/mol. The van der Waals surface area contributed by atoms with Crippen LogP contribution >= 0.6 is 0 Å². The molecule has 1 saturated heterocycles. The summed E-state index contributed by atoms with van der Waals surface area (Å²) in [7, 11) is 0. The summed E-state index contributed by atoms with van der Waals surface area (Å²) in [5.41, 5.74) is 2.40. The fourth-order valence-electron chi connectivity index (χ4n) is 2.48. The molecule has 2 aromatic rings. The molecule has 19 heavy (non-hydrogen) atoms. The highest BCUT2D eigenvalue weighted by atomic mass is 15.3. The third kappa shape index (κ3) is 3.22. The van der Waals surface area contributed by atoms with Crippen LogP contribution in [0.1, 0.15) is 12.0 Å². The first kappa shape index (κ1) is 12.4. The molecule has 0 radical (unpaired) electrons. The average Bonchev–Trinajstić information content (AvgIpc) is 2.76. The van der Waals surface area contributed by atoms with Crippen molar-refractivity contribution in [1.82, 2.24) is 20.0 Å². The second-order valence-electron chi connectivity index (χ2n) is 5.01. The van der Waals surface area contributed by atoms with E-state index in [1.54, 1.807) is 0 Å². The van der Waals surface area contributed by atoms with Gasteiger partial charge in [-0.1, -0.05) is 18.2 Å². The van der Waals surface area contributed by atoms with Gasteiger partial charge in [0.1, 0.15) is 0 Å². The first-order valence-electron chi connectivity index (χ1n) is 6.94. The molecule has 1 aliphatic rings. The van der Waals surface area contributed by atoms with Crippen LogP contribution in [0, 0.1) is 0 Å². The SMILES string of the molecule is c1ccc(-n2cc(CN3CCCNCC3)cn2)cc1. The van der Waals surface area contributed by atoms with Crippen LogP contribution in [0.25, 0.3) is 5.69 Å². The summed E-state index contributed by atoms with van der Waals surface area (Å²) in [5.74, 6) is 0. The summed E-state index contributed by atoms with van der Waals surface area (Å²) in [6, 6.07) is 10.3. The molecule has 0 atom stereocenters. The second-order valence-corrected chi connectivity index (χ2v) is 5.01. The third-order valence-corrected chi connectivity index (χ3v) is 3.50. The van der Waals surface area contributed by atoms with E-state index < -0.39 is 0 Å². The van der Waals surface area contributed by atoms with E-state index in [2.05, 4.69) is 33.6 Å². The highest BCUT2D eigenvalue weighted by molar-refractivity contribution is 5.30. The Morgan fingerprint density at radius 2 is 2.00 bits per heavy atom. The summed E-state index contributed by atoms with van der Waals surface area (Å²) in [6.07, 6.45) is 5.34. The number of aromatic nitrogens is 2. The number of nitrogens with zero attached hydrogens (tertiary/aromatic N) is 3. The summed E-state index contributed by atoms with van der Waals surface area (Å²) >= 11 is 0. The molecule has 1 aromatic heterocycles. The van der Waals surface area contributed by atoms with Gasteiger partial charge in [-0.05, 0) is 31.6 Å². The quantitative estimate of drug-likeness (QED) is 0.907. The van der Waals surface area contributed by atoms with Crippen LogP contribution in [-0.4, -0.2) is 40.9 Å². The van der Waals surface area contributed by atoms with E-state index in [0.717, 1.165) is 31.9 Å². The zero-order valence-corrected chi connectivity index (χ0v) is 11.1. The van der Waals surface area contributed by atoms with Gasteiger partial charge in [-0.2, -0.15) is 5.10 Å². The van der Waals surface area contributed by atoms with Crippen molar-refractivity contribution in [2.24, 2.45) is 0 Å². The van der Waals surface area contributed by atoms with Crippen molar-refractivity contribution in [1.29, 1.82) is 0 Å². The fourth-order valence-corrected chi connectivity index (χ4v) is 2.48. The van der Waals surface area contributed by atoms with Gasteiger partial charge in [-0.3, -0.25) is 4.90 Å². The Morgan fingerprint density at radius 3 is 2.89 bits per heavy atom. The molecule has 0 unspecified atom stereocenters. The third-order valence-electron chi connectivity index (χ3n) is 3.50. The molecule has 1 aliphatic heterocycles. The molecule has 0 saturated carbocycles. The molecule has 0 spiro atoms. The van der Waals surface area contributed by atoms with Crippen LogP contribution < -0.4 is 5.32 Å². The van der Waals surface area contributed by atoms with Crippen molar-refractivity contribution in [3.8, 4) is 5.69 Å². The zero-order valence-electron chi connectivity index (χ0n) is 11.1. The highest BCUT2D eigenvalue weighted by Crippen LogP contribution is 2.10. The van der Waals surface area contributed by atoms with Crippen LogP contribution in [-0.2, 0) is 6.54 Å².